The molecule has 0 aliphatic heterocycles. The first-order chi connectivity index (χ1) is 13.1. The van der Waals surface area contributed by atoms with Crippen LogP contribution < -0.4 is 5.73 Å². The number of fused-ring (bicyclic) bond motifs is 1. The average Bonchev–Trinajstić information content (AvgIpc) is 3.30. The van der Waals surface area contributed by atoms with E-state index < -0.39 is 0 Å². The van der Waals surface area contributed by atoms with E-state index in [1.165, 1.54) is 0 Å². The molecule has 1 amide bonds. The van der Waals surface area contributed by atoms with Crippen LogP contribution in [-0.2, 0) is 11.3 Å². The Hall–Kier alpha value is -3.55. The number of amides is 1. The minimum Gasteiger partial charge on any atom is -0.370 e. The van der Waals surface area contributed by atoms with Gasteiger partial charge in [-0.15, -0.1) is 0 Å². The number of rotatable bonds is 6. The maximum absolute atomic E-state index is 10.9. The summed E-state index contributed by atoms with van der Waals surface area (Å²) >= 11 is 0. The smallest absolute Gasteiger partial charge is 0.217 e. The van der Waals surface area contributed by atoms with E-state index in [1.807, 2.05) is 48.1 Å². The summed E-state index contributed by atoms with van der Waals surface area (Å²) in [5.74, 6) is 0.409. The van der Waals surface area contributed by atoms with E-state index in [0.717, 1.165) is 28.1 Å². The number of hydrogen-bond acceptors (Lipinski definition) is 5. The first kappa shape index (κ1) is 16.9. The minimum atomic E-state index is -0.301. The Kier molecular flexibility index (Phi) is 4.37. The molecule has 8 heteroatoms. The van der Waals surface area contributed by atoms with Crippen LogP contribution in [0, 0.1) is 6.92 Å². The fourth-order valence-corrected chi connectivity index (χ4v) is 3.00. The number of benzene rings is 1. The number of carbonyl (C=O) groups excluding carboxylic acids is 1. The third-order valence-corrected chi connectivity index (χ3v) is 4.31. The molecular formula is C19H19N7O. The van der Waals surface area contributed by atoms with Gasteiger partial charge >= 0.3 is 0 Å². The number of primary amides is 1. The first-order valence-corrected chi connectivity index (χ1v) is 8.70. The maximum Gasteiger partial charge on any atom is 0.217 e. The minimum absolute atomic E-state index is 0.301. The fourth-order valence-electron chi connectivity index (χ4n) is 3.00. The molecule has 27 heavy (non-hydrogen) atoms. The van der Waals surface area contributed by atoms with Gasteiger partial charge in [0.2, 0.25) is 5.91 Å². The highest BCUT2D eigenvalue weighted by Gasteiger charge is 2.15. The summed E-state index contributed by atoms with van der Waals surface area (Å²) in [7, 11) is 0. The molecule has 0 saturated carbocycles. The zero-order valence-electron chi connectivity index (χ0n) is 14.9. The molecule has 0 aliphatic carbocycles. The third-order valence-electron chi connectivity index (χ3n) is 4.31. The van der Waals surface area contributed by atoms with Crippen LogP contribution in [0.25, 0.3) is 28.2 Å². The lowest BCUT2D eigenvalue weighted by atomic mass is 10.2. The summed E-state index contributed by atoms with van der Waals surface area (Å²) in [6.07, 6.45) is 8.28. The zero-order chi connectivity index (χ0) is 18.8. The predicted octanol–water partition coefficient (Wildman–Crippen LogP) is 2.25. The van der Waals surface area contributed by atoms with Crippen molar-refractivity contribution in [3.05, 3.63) is 54.7 Å². The molecule has 0 bridgehead atoms. The van der Waals surface area contributed by atoms with E-state index >= 15 is 0 Å². The molecule has 0 fully saturated rings. The summed E-state index contributed by atoms with van der Waals surface area (Å²) in [4.78, 5) is 24.8. The summed E-state index contributed by atoms with van der Waals surface area (Å²) in [6, 6.07) is 7.78. The summed E-state index contributed by atoms with van der Waals surface area (Å²) in [6.45, 7) is 2.56. The van der Waals surface area contributed by atoms with Crippen LogP contribution in [0.1, 0.15) is 18.5 Å². The lowest BCUT2D eigenvalue weighted by Crippen LogP contribution is -2.11. The highest BCUT2D eigenvalue weighted by Crippen LogP contribution is 2.24. The monoisotopic (exact) mass is 361 g/mol. The molecule has 8 nitrogen and oxygen atoms in total. The van der Waals surface area contributed by atoms with Crippen molar-refractivity contribution < 1.29 is 4.79 Å². The van der Waals surface area contributed by atoms with Gasteiger partial charge in [0.25, 0.3) is 0 Å². The van der Waals surface area contributed by atoms with Crippen LogP contribution in [0.5, 0.6) is 0 Å². The second kappa shape index (κ2) is 6.99. The topological polar surface area (TPSA) is 105 Å². The molecule has 2 N–H and O–H groups in total. The SMILES string of the molecule is Cc1nc2ccccc2nc1-c1nccn1-c1cnn(CCCC(N)=O)c1. The van der Waals surface area contributed by atoms with Gasteiger partial charge in [-0.25, -0.2) is 15.0 Å². The molecule has 0 unspecified atom stereocenters. The Morgan fingerprint density at radius 1 is 1.19 bits per heavy atom. The summed E-state index contributed by atoms with van der Waals surface area (Å²) in [5.41, 5.74) is 9.29. The van der Waals surface area contributed by atoms with Gasteiger partial charge in [-0.05, 0) is 25.5 Å². The molecule has 0 spiro atoms. The number of nitrogens with two attached hydrogens (primary N) is 1. The Morgan fingerprint density at radius 3 is 2.74 bits per heavy atom. The normalized spacial score (nSPS) is 11.1. The molecule has 136 valence electrons. The van der Waals surface area contributed by atoms with Crippen LogP contribution in [0.2, 0.25) is 0 Å². The van der Waals surface area contributed by atoms with E-state index in [9.17, 15) is 4.79 Å². The van der Waals surface area contributed by atoms with Crippen molar-refractivity contribution >= 4 is 16.9 Å². The summed E-state index contributed by atoms with van der Waals surface area (Å²) in [5, 5.41) is 4.36. The molecule has 0 saturated heterocycles. The van der Waals surface area contributed by atoms with E-state index in [-0.39, 0.29) is 5.91 Å². The molecule has 0 radical (unpaired) electrons. The molecule has 1 aromatic carbocycles. The highest BCUT2D eigenvalue weighted by molar-refractivity contribution is 5.77. The second-order valence-corrected chi connectivity index (χ2v) is 6.30. The van der Waals surface area contributed by atoms with Gasteiger partial charge in [-0.1, -0.05) is 12.1 Å². The fraction of sp³-hybridized carbons (Fsp3) is 0.211. The third kappa shape index (κ3) is 3.41. The Balaban J connectivity index is 1.67. The quantitative estimate of drug-likeness (QED) is 0.567. The van der Waals surface area contributed by atoms with Crippen molar-refractivity contribution in [2.45, 2.75) is 26.3 Å². The number of imidazole rings is 1. The second-order valence-electron chi connectivity index (χ2n) is 6.30. The Morgan fingerprint density at radius 2 is 1.96 bits per heavy atom. The van der Waals surface area contributed by atoms with Gasteiger partial charge in [-0.3, -0.25) is 14.0 Å². The van der Waals surface area contributed by atoms with Crippen LogP contribution in [0.15, 0.2) is 49.1 Å². The van der Waals surface area contributed by atoms with E-state index in [0.29, 0.717) is 25.2 Å². The molecule has 4 aromatic rings. The van der Waals surface area contributed by atoms with E-state index in [4.69, 9.17) is 10.7 Å². The Bertz CT molecular complexity index is 1110. The van der Waals surface area contributed by atoms with Crippen LogP contribution >= 0.6 is 0 Å². The lowest BCUT2D eigenvalue weighted by Gasteiger charge is -2.08. The maximum atomic E-state index is 10.9. The van der Waals surface area contributed by atoms with Gasteiger partial charge in [-0.2, -0.15) is 5.10 Å². The van der Waals surface area contributed by atoms with Crippen LogP contribution in [0.4, 0.5) is 0 Å². The van der Waals surface area contributed by atoms with Crippen molar-refractivity contribution in [2.75, 3.05) is 0 Å². The van der Waals surface area contributed by atoms with Gasteiger partial charge in [0.05, 0.1) is 28.6 Å². The van der Waals surface area contributed by atoms with Crippen molar-refractivity contribution in [3.63, 3.8) is 0 Å². The van der Waals surface area contributed by atoms with Crippen molar-refractivity contribution in [3.8, 4) is 17.2 Å². The molecular weight excluding hydrogens is 342 g/mol. The van der Waals surface area contributed by atoms with E-state index in [2.05, 4.69) is 15.1 Å². The number of aryl methyl sites for hydroxylation is 2. The van der Waals surface area contributed by atoms with E-state index in [1.54, 1.807) is 17.1 Å². The predicted molar refractivity (Wildman–Crippen MR) is 101 cm³/mol. The van der Waals surface area contributed by atoms with Gasteiger partial charge in [0.1, 0.15) is 5.69 Å². The number of hydrogen-bond donors (Lipinski definition) is 1. The van der Waals surface area contributed by atoms with Gasteiger partial charge < -0.3 is 5.73 Å². The van der Waals surface area contributed by atoms with Crippen molar-refractivity contribution in [1.82, 2.24) is 29.3 Å². The number of nitrogens with zero attached hydrogens (tertiary/aromatic N) is 6. The standard InChI is InChI=1S/C19H19N7O/c1-13-18(24-16-6-3-2-5-15(16)23-13)19-21-8-10-26(19)14-11-22-25(12-14)9-4-7-17(20)27/h2-3,5-6,8,10-12H,4,7,9H2,1H3,(H2,20,27). The average molecular weight is 361 g/mol. The van der Waals surface area contributed by atoms with Crippen LogP contribution in [-0.4, -0.2) is 35.2 Å². The number of para-hydroxylation sites is 2. The number of aromatic nitrogens is 6. The van der Waals surface area contributed by atoms with Gasteiger partial charge in [0, 0.05) is 31.6 Å². The first-order valence-electron chi connectivity index (χ1n) is 8.70. The van der Waals surface area contributed by atoms with Crippen molar-refractivity contribution in [2.24, 2.45) is 5.73 Å². The number of carbonyl (C=O) groups is 1. The largest absolute Gasteiger partial charge is 0.370 e. The summed E-state index contributed by atoms with van der Waals surface area (Å²) < 4.78 is 3.73. The zero-order valence-corrected chi connectivity index (χ0v) is 14.9. The Labute approximate surface area is 155 Å². The molecule has 3 heterocycles. The molecule has 0 aliphatic rings. The lowest BCUT2D eigenvalue weighted by molar-refractivity contribution is -0.118. The molecule has 4 rings (SSSR count). The van der Waals surface area contributed by atoms with Crippen molar-refractivity contribution in [1.29, 1.82) is 0 Å². The highest BCUT2D eigenvalue weighted by atomic mass is 16.1. The molecule has 3 aromatic heterocycles. The molecule has 0 atom stereocenters. The van der Waals surface area contributed by atoms with Gasteiger partial charge in [0.15, 0.2) is 5.82 Å². The van der Waals surface area contributed by atoms with Crippen LogP contribution in [0.3, 0.4) is 0 Å².